The van der Waals surface area contributed by atoms with E-state index >= 15 is 0 Å². The molecule has 2 rings (SSSR count). The Labute approximate surface area is 173 Å². The number of rotatable bonds is 11. The largest absolute Gasteiger partial charge is 0.496 e. The van der Waals surface area contributed by atoms with Gasteiger partial charge < -0.3 is 25.4 Å². The highest BCUT2D eigenvalue weighted by Gasteiger charge is 2.29. The first-order valence-electron chi connectivity index (χ1n) is 10.1. The minimum Gasteiger partial charge on any atom is -0.496 e. The Balaban J connectivity index is 2.27. The number of ether oxygens (including phenoxy) is 2. The van der Waals surface area contributed by atoms with Crippen molar-refractivity contribution in [1.82, 2.24) is 15.5 Å². The topological polar surface area (TPSA) is 101 Å². The molecular formula is C21H33N5O3. The molecule has 0 spiro atoms. The molecule has 0 radical (unpaired) electrons. The summed E-state index contributed by atoms with van der Waals surface area (Å²) in [5, 5.41) is 5.99. The SMILES string of the molecule is CCCCOC1=NC(N(C=O)Cc2ccc(CCC)cc2OC)C(NC)=C(N)N1. The van der Waals surface area contributed by atoms with Gasteiger partial charge in [0.25, 0.3) is 6.02 Å². The first kappa shape index (κ1) is 22.4. The van der Waals surface area contributed by atoms with Crippen molar-refractivity contribution in [2.75, 3.05) is 20.8 Å². The molecule has 0 fully saturated rings. The van der Waals surface area contributed by atoms with Crippen molar-refractivity contribution in [1.29, 1.82) is 0 Å². The first-order chi connectivity index (χ1) is 14.1. The van der Waals surface area contributed by atoms with Crippen LogP contribution < -0.4 is 21.1 Å². The second-order valence-electron chi connectivity index (χ2n) is 6.89. The molecule has 0 aromatic heterocycles. The number of aliphatic imine (C=N–C) groups is 1. The predicted molar refractivity (Wildman–Crippen MR) is 114 cm³/mol. The number of nitrogens with one attached hydrogen (secondary N) is 2. The number of carbonyl (C=O) groups excluding carboxylic acids is 1. The van der Waals surface area contributed by atoms with Crippen molar-refractivity contribution in [2.24, 2.45) is 10.7 Å². The fourth-order valence-electron chi connectivity index (χ4n) is 3.16. The zero-order valence-electron chi connectivity index (χ0n) is 17.8. The lowest BCUT2D eigenvalue weighted by Crippen LogP contribution is -2.47. The van der Waals surface area contributed by atoms with Gasteiger partial charge in [0.05, 0.1) is 26.0 Å². The maximum absolute atomic E-state index is 12.0. The molecule has 0 bridgehead atoms. The number of nitrogens with zero attached hydrogens (tertiary/aromatic N) is 2. The number of nitrogens with two attached hydrogens (primary N) is 1. The van der Waals surface area contributed by atoms with Gasteiger partial charge in [-0.3, -0.25) is 10.1 Å². The van der Waals surface area contributed by atoms with Crippen LogP contribution in [-0.4, -0.2) is 44.3 Å². The molecule has 8 nitrogen and oxygen atoms in total. The van der Waals surface area contributed by atoms with Crippen LogP contribution in [0, 0.1) is 0 Å². The number of likely N-dealkylation sites (N-methyl/N-ethyl adjacent to an activating group) is 1. The van der Waals surface area contributed by atoms with Crippen LogP contribution in [0.5, 0.6) is 5.75 Å². The molecule has 1 aliphatic rings. The van der Waals surface area contributed by atoms with Crippen LogP contribution >= 0.6 is 0 Å². The van der Waals surface area contributed by atoms with E-state index in [-0.39, 0.29) is 0 Å². The predicted octanol–water partition coefficient (Wildman–Crippen LogP) is 2.06. The summed E-state index contributed by atoms with van der Waals surface area (Å²) in [7, 11) is 3.39. The van der Waals surface area contributed by atoms with E-state index in [1.54, 1.807) is 19.1 Å². The number of benzene rings is 1. The molecule has 1 aliphatic heterocycles. The summed E-state index contributed by atoms with van der Waals surface area (Å²) in [5.41, 5.74) is 8.86. The van der Waals surface area contributed by atoms with Crippen LogP contribution in [0.3, 0.4) is 0 Å². The van der Waals surface area contributed by atoms with Crippen molar-refractivity contribution in [2.45, 2.75) is 52.2 Å². The molecule has 1 heterocycles. The zero-order valence-corrected chi connectivity index (χ0v) is 17.8. The van der Waals surface area contributed by atoms with Crippen LogP contribution in [0.2, 0.25) is 0 Å². The average molecular weight is 404 g/mol. The van der Waals surface area contributed by atoms with Gasteiger partial charge in [0.1, 0.15) is 11.6 Å². The van der Waals surface area contributed by atoms with E-state index in [0.29, 0.717) is 30.7 Å². The molecule has 160 valence electrons. The lowest BCUT2D eigenvalue weighted by atomic mass is 10.1. The number of amides is 1. The van der Waals surface area contributed by atoms with Crippen molar-refractivity contribution in [3.8, 4) is 5.75 Å². The van der Waals surface area contributed by atoms with Crippen LogP contribution in [0.4, 0.5) is 0 Å². The highest BCUT2D eigenvalue weighted by molar-refractivity contribution is 5.77. The van der Waals surface area contributed by atoms with Gasteiger partial charge in [-0.05, 0) is 24.5 Å². The molecular weight excluding hydrogens is 370 g/mol. The van der Waals surface area contributed by atoms with E-state index in [4.69, 9.17) is 15.2 Å². The number of methoxy groups -OCH3 is 1. The highest BCUT2D eigenvalue weighted by atomic mass is 16.5. The lowest BCUT2D eigenvalue weighted by Gasteiger charge is -2.32. The summed E-state index contributed by atoms with van der Waals surface area (Å²) < 4.78 is 11.2. The summed E-state index contributed by atoms with van der Waals surface area (Å²) in [4.78, 5) is 18.1. The number of carbonyl (C=O) groups is 1. The van der Waals surface area contributed by atoms with Crippen molar-refractivity contribution < 1.29 is 14.3 Å². The van der Waals surface area contributed by atoms with Crippen molar-refractivity contribution in [3.05, 3.63) is 40.8 Å². The van der Waals surface area contributed by atoms with Gasteiger partial charge in [-0.1, -0.05) is 38.8 Å². The molecule has 1 amide bonds. The molecule has 1 aromatic carbocycles. The standard InChI is InChI=1S/C21H33N5O3/c1-5-7-11-29-21-24-19(22)18(23-3)20(25-21)26(14-27)13-16-10-9-15(8-6-2)12-17(16)28-4/h9-10,12,14,20,23H,5-8,11,13,22H2,1-4H3,(H,24,25). The summed E-state index contributed by atoms with van der Waals surface area (Å²) in [5.74, 6) is 1.14. The summed E-state index contributed by atoms with van der Waals surface area (Å²) in [6.45, 7) is 5.09. The molecule has 29 heavy (non-hydrogen) atoms. The third-order valence-electron chi connectivity index (χ3n) is 4.73. The Hall–Kier alpha value is -2.90. The maximum Gasteiger partial charge on any atom is 0.292 e. The second kappa shape index (κ2) is 11.2. The Kier molecular flexibility index (Phi) is 8.64. The summed E-state index contributed by atoms with van der Waals surface area (Å²) in [6.07, 6.45) is 4.12. The van der Waals surface area contributed by atoms with Gasteiger partial charge >= 0.3 is 0 Å². The van der Waals surface area contributed by atoms with Gasteiger partial charge in [0.2, 0.25) is 6.41 Å². The molecule has 1 unspecified atom stereocenters. The van der Waals surface area contributed by atoms with Crippen molar-refractivity contribution in [3.63, 3.8) is 0 Å². The van der Waals surface area contributed by atoms with Gasteiger partial charge in [0, 0.05) is 12.6 Å². The normalized spacial score (nSPS) is 16.0. The van der Waals surface area contributed by atoms with Crippen LogP contribution in [-0.2, 0) is 22.5 Å². The highest BCUT2D eigenvalue weighted by Crippen LogP contribution is 2.25. The minimum atomic E-state index is -0.615. The minimum absolute atomic E-state index is 0.317. The Bertz CT molecular complexity index is 748. The zero-order chi connectivity index (χ0) is 21.2. The molecule has 8 heteroatoms. The van der Waals surface area contributed by atoms with Gasteiger partial charge in [-0.25, -0.2) is 4.99 Å². The molecule has 4 N–H and O–H groups in total. The second-order valence-corrected chi connectivity index (χ2v) is 6.89. The van der Waals surface area contributed by atoms with Crippen LogP contribution in [0.25, 0.3) is 0 Å². The fraction of sp³-hybridized carbons (Fsp3) is 0.524. The van der Waals surface area contributed by atoms with Gasteiger partial charge in [-0.2, -0.15) is 0 Å². The molecule has 1 aromatic rings. The molecule has 0 saturated carbocycles. The number of hydrogen-bond acceptors (Lipinski definition) is 7. The van der Waals surface area contributed by atoms with E-state index < -0.39 is 6.17 Å². The van der Waals surface area contributed by atoms with E-state index in [0.717, 1.165) is 43.4 Å². The van der Waals surface area contributed by atoms with Gasteiger partial charge in [0.15, 0.2) is 6.17 Å². The van der Waals surface area contributed by atoms with E-state index in [1.165, 1.54) is 5.56 Å². The third kappa shape index (κ3) is 5.79. The van der Waals surface area contributed by atoms with Gasteiger partial charge in [-0.15, -0.1) is 0 Å². The maximum atomic E-state index is 12.0. The summed E-state index contributed by atoms with van der Waals surface area (Å²) in [6, 6.07) is 6.40. The van der Waals surface area contributed by atoms with Crippen LogP contribution in [0.15, 0.2) is 34.7 Å². The fourth-order valence-corrected chi connectivity index (χ4v) is 3.16. The summed E-state index contributed by atoms with van der Waals surface area (Å²) >= 11 is 0. The third-order valence-corrected chi connectivity index (χ3v) is 4.73. The van der Waals surface area contributed by atoms with Crippen molar-refractivity contribution >= 4 is 12.4 Å². The lowest BCUT2D eigenvalue weighted by molar-refractivity contribution is -0.120. The molecule has 0 aliphatic carbocycles. The quantitative estimate of drug-likeness (QED) is 0.386. The number of aryl methyl sites for hydroxylation is 1. The Morgan fingerprint density at radius 1 is 1.34 bits per heavy atom. The monoisotopic (exact) mass is 403 g/mol. The number of unbranched alkanes of at least 4 members (excludes halogenated alkanes) is 1. The van der Waals surface area contributed by atoms with Crippen LogP contribution in [0.1, 0.15) is 44.2 Å². The average Bonchev–Trinajstić information content (AvgIpc) is 2.72. The first-order valence-corrected chi connectivity index (χ1v) is 10.1. The van der Waals surface area contributed by atoms with E-state index in [2.05, 4.69) is 35.5 Å². The molecule has 1 atom stereocenters. The Morgan fingerprint density at radius 2 is 2.14 bits per heavy atom. The molecule has 0 saturated heterocycles. The Morgan fingerprint density at radius 3 is 2.76 bits per heavy atom. The smallest absolute Gasteiger partial charge is 0.292 e. The number of hydrogen-bond donors (Lipinski definition) is 3. The van der Waals surface area contributed by atoms with E-state index in [1.807, 2.05) is 12.1 Å². The van der Waals surface area contributed by atoms with E-state index in [9.17, 15) is 4.79 Å². The number of amidine groups is 1.